The average molecular weight is 269 g/mol. The van der Waals surface area contributed by atoms with Crippen molar-refractivity contribution in [2.24, 2.45) is 5.92 Å². The predicted molar refractivity (Wildman–Crippen MR) is 75.6 cm³/mol. The molecule has 0 saturated heterocycles. The molecule has 1 atom stereocenters. The molecule has 100 valence electrons. The second-order valence-corrected chi connectivity index (χ2v) is 6.01. The fourth-order valence-electron chi connectivity index (χ4n) is 2.86. The molecule has 1 aromatic carbocycles. The highest BCUT2D eigenvalue weighted by atomic mass is 35.5. The largest absolute Gasteiger partial charge is 0.207 e. The molecule has 1 unspecified atom stereocenters. The normalized spacial score (nSPS) is 20.1. The van der Waals surface area contributed by atoms with Crippen LogP contribution >= 0.6 is 11.6 Å². The van der Waals surface area contributed by atoms with E-state index in [-0.39, 0.29) is 11.2 Å². The molecule has 0 spiro atoms. The molecule has 0 nitrogen and oxygen atoms in total. The zero-order valence-corrected chi connectivity index (χ0v) is 11.6. The Bertz CT molecular complexity index is 339. The Kier molecular flexibility index (Phi) is 5.49. The predicted octanol–water partition coefficient (Wildman–Crippen LogP) is 5.34. The van der Waals surface area contributed by atoms with Crippen LogP contribution in [0.2, 0.25) is 0 Å². The van der Waals surface area contributed by atoms with Gasteiger partial charge >= 0.3 is 0 Å². The Labute approximate surface area is 115 Å². The smallest absolute Gasteiger partial charge is 0.123 e. The molecule has 1 aromatic rings. The molecule has 1 aliphatic rings. The highest BCUT2D eigenvalue weighted by Crippen LogP contribution is 2.29. The fourth-order valence-corrected chi connectivity index (χ4v) is 3.29. The van der Waals surface area contributed by atoms with E-state index in [0.29, 0.717) is 5.92 Å². The molecule has 2 rings (SSSR count). The summed E-state index contributed by atoms with van der Waals surface area (Å²) in [4.78, 5) is 0. The van der Waals surface area contributed by atoms with Crippen molar-refractivity contribution in [3.05, 3.63) is 35.6 Å². The Morgan fingerprint density at radius 2 is 1.56 bits per heavy atom. The van der Waals surface area contributed by atoms with E-state index < -0.39 is 0 Å². The van der Waals surface area contributed by atoms with Crippen molar-refractivity contribution in [3.63, 3.8) is 0 Å². The quantitative estimate of drug-likeness (QED) is 0.650. The first kappa shape index (κ1) is 13.9. The Morgan fingerprint density at radius 1 is 1.00 bits per heavy atom. The zero-order valence-electron chi connectivity index (χ0n) is 10.9. The van der Waals surface area contributed by atoms with Gasteiger partial charge in [-0.15, -0.1) is 11.6 Å². The van der Waals surface area contributed by atoms with E-state index >= 15 is 0 Å². The summed E-state index contributed by atoms with van der Waals surface area (Å²) < 4.78 is 12.8. The Morgan fingerprint density at radius 3 is 2.17 bits per heavy atom. The lowest BCUT2D eigenvalue weighted by atomic mass is 9.86. The van der Waals surface area contributed by atoms with Crippen LogP contribution in [0.15, 0.2) is 24.3 Å². The SMILES string of the molecule is Fc1ccc(CC(Cl)C2CCCCCCC2)cc1. The number of hydrogen-bond donors (Lipinski definition) is 0. The molecule has 0 N–H and O–H groups in total. The van der Waals surface area contributed by atoms with E-state index in [1.807, 2.05) is 12.1 Å². The summed E-state index contributed by atoms with van der Waals surface area (Å²) in [5.74, 6) is 0.466. The van der Waals surface area contributed by atoms with Crippen LogP contribution in [0.25, 0.3) is 0 Å². The van der Waals surface area contributed by atoms with Crippen LogP contribution in [0.5, 0.6) is 0 Å². The van der Waals surface area contributed by atoms with Gasteiger partial charge in [0.1, 0.15) is 5.82 Å². The van der Waals surface area contributed by atoms with Crippen molar-refractivity contribution in [2.45, 2.75) is 56.7 Å². The Balaban J connectivity index is 1.89. The van der Waals surface area contributed by atoms with Crippen molar-refractivity contribution < 1.29 is 4.39 Å². The van der Waals surface area contributed by atoms with Gasteiger partial charge in [0.2, 0.25) is 0 Å². The first-order valence-electron chi connectivity index (χ1n) is 7.14. The molecule has 0 radical (unpaired) electrons. The van der Waals surface area contributed by atoms with Crippen molar-refractivity contribution >= 4 is 11.6 Å². The van der Waals surface area contributed by atoms with Gasteiger partial charge in [-0.1, -0.05) is 44.2 Å². The highest BCUT2D eigenvalue weighted by molar-refractivity contribution is 6.20. The lowest BCUT2D eigenvalue weighted by Gasteiger charge is -2.24. The van der Waals surface area contributed by atoms with Gasteiger partial charge in [-0.05, 0) is 42.9 Å². The molecule has 0 bridgehead atoms. The minimum Gasteiger partial charge on any atom is -0.207 e. The third-order valence-electron chi connectivity index (χ3n) is 4.01. The van der Waals surface area contributed by atoms with E-state index in [9.17, 15) is 4.39 Å². The summed E-state index contributed by atoms with van der Waals surface area (Å²) in [7, 11) is 0. The molecular formula is C16H22ClF. The second kappa shape index (κ2) is 7.13. The lowest BCUT2D eigenvalue weighted by molar-refractivity contribution is 0.364. The maximum absolute atomic E-state index is 12.8. The first-order valence-corrected chi connectivity index (χ1v) is 7.58. The van der Waals surface area contributed by atoms with Gasteiger partial charge in [0.15, 0.2) is 0 Å². The van der Waals surface area contributed by atoms with Gasteiger partial charge in [0.05, 0.1) is 0 Å². The summed E-state index contributed by atoms with van der Waals surface area (Å²) in [6.07, 6.45) is 10.1. The van der Waals surface area contributed by atoms with Gasteiger partial charge in [0, 0.05) is 5.38 Å². The molecule has 0 heterocycles. The van der Waals surface area contributed by atoms with Crippen LogP contribution in [-0.2, 0) is 6.42 Å². The van der Waals surface area contributed by atoms with E-state index in [1.165, 1.54) is 57.1 Å². The first-order chi connectivity index (χ1) is 8.75. The highest BCUT2D eigenvalue weighted by Gasteiger charge is 2.20. The van der Waals surface area contributed by atoms with Crippen molar-refractivity contribution in [3.8, 4) is 0 Å². The van der Waals surface area contributed by atoms with Gasteiger partial charge in [0.25, 0.3) is 0 Å². The van der Waals surface area contributed by atoms with Gasteiger partial charge in [-0.2, -0.15) is 0 Å². The van der Waals surface area contributed by atoms with E-state index in [0.717, 1.165) is 12.0 Å². The second-order valence-electron chi connectivity index (χ2n) is 5.45. The minimum atomic E-state index is -0.171. The summed E-state index contributed by atoms with van der Waals surface area (Å²) in [6, 6.07) is 6.76. The summed E-state index contributed by atoms with van der Waals surface area (Å²) in [5.41, 5.74) is 1.15. The summed E-state index contributed by atoms with van der Waals surface area (Å²) in [6.45, 7) is 0. The standard InChI is InChI=1S/C16H22ClF/c17-16(12-13-8-10-15(18)11-9-13)14-6-4-2-1-3-5-7-14/h8-11,14,16H,1-7,12H2. The zero-order chi connectivity index (χ0) is 12.8. The molecule has 0 aliphatic heterocycles. The number of benzene rings is 1. The van der Waals surface area contributed by atoms with E-state index in [1.54, 1.807) is 0 Å². The number of rotatable bonds is 3. The van der Waals surface area contributed by atoms with Crippen LogP contribution in [0, 0.1) is 11.7 Å². The third-order valence-corrected chi connectivity index (χ3v) is 4.52. The van der Waals surface area contributed by atoms with Crippen LogP contribution in [0.4, 0.5) is 4.39 Å². The van der Waals surface area contributed by atoms with Gasteiger partial charge < -0.3 is 0 Å². The summed E-state index contributed by atoms with van der Waals surface area (Å²) >= 11 is 6.57. The number of halogens is 2. The van der Waals surface area contributed by atoms with Crippen molar-refractivity contribution in [1.82, 2.24) is 0 Å². The molecule has 0 amide bonds. The molecule has 1 aliphatic carbocycles. The van der Waals surface area contributed by atoms with Crippen LogP contribution in [-0.4, -0.2) is 5.38 Å². The van der Waals surface area contributed by atoms with Crippen LogP contribution in [0.1, 0.15) is 50.5 Å². The molecule has 1 saturated carbocycles. The molecule has 1 fully saturated rings. The van der Waals surface area contributed by atoms with Crippen LogP contribution in [0.3, 0.4) is 0 Å². The maximum Gasteiger partial charge on any atom is 0.123 e. The average Bonchev–Trinajstić information content (AvgIpc) is 2.31. The number of hydrogen-bond acceptors (Lipinski definition) is 0. The molecular weight excluding hydrogens is 247 g/mol. The van der Waals surface area contributed by atoms with Gasteiger partial charge in [-0.25, -0.2) is 4.39 Å². The van der Waals surface area contributed by atoms with Gasteiger partial charge in [-0.3, -0.25) is 0 Å². The maximum atomic E-state index is 12.8. The molecule has 0 aromatic heterocycles. The lowest BCUT2D eigenvalue weighted by Crippen LogP contribution is -2.18. The van der Waals surface area contributed by atoms with E-state index in [2.05, 4.69) is 0 Å². The monoisotopic (exact) mass is 268 g/mol. The molecule has 18 heavy (non-hydrogen) atoms. The Hall–Kier alpha value is -0.560. The van der Waals surface area contributed by atoms with Crippen molar-refractivity contribution in [1.29, 1.82) is 0 Å². The van der Waals surface area contributed by atoms with Crippen molar-refractivity contribution in [2.75, 3.05) is 0 Å². The number of alkyl halides is 1. The fraction of sp³-hybridized carbons (Fsp3) is 0.625. The van der Waals surface area contributed by atoms with E-state index in [4.69, 9.17) is 11.6 Å². The minimum absolute atomic E-state index is 0.171. The third kappa shape index (κ3) is 4.28. The molecule has 2 heteroatoms. The van der Waals surface area contributed by atoms with Crippen LogP contribution < -0.4 is 0 Å². The summed E-state index contributed by atoms with van der Waals surface area (Å²) in [5, 5.41) is 0.202. The topological polar surface area (TPSA) is 0 Å².